The molecule has 4 heteroatoms. The molecule has 0 radical (unpaired) electrons. The topological polar surface area (TPSA) is 43.4 Å². The fourth-order valence-corrected chi connectivity index (χ4v) is 2.71. The second kappa shape index (κ2) is 7.54. The van der Waals surface area contributed by atoms with E-state index in [1.165, 1.54) is 0 Å². The molecule has 1 aromatic rings. The highest BCUT2D eigenvalue weighted by atomic mass is 32.2. The number of sulfone groups is 1. The van der Waals surface area contributed by atoms with Crippen LogP contribution in [-0.2, 0) is 14.6 Å². The second-order valence-electron chi connectivity index (χ2n) is 4.45. The molecule has 0 N–H and O–H groups in total. The van der Waals surface area contributed by atoms with Gasteiger partial charge in [0.25, 0.3) is 0 Å². The maximum atomic E-state index is 12.0. The zero-order chi connectivity index (χ0) is 13.4. The van der Waals surface area contributed by atoms with E-state index in [1.54, 1.807) is 12.1 Å². The zero-order valence-electron chi connectivity index (χ0n) is 11.2. The summed E-state index contributed by atoms with van der Waals surface area (Å²) in [4.78, 5) is 0.380. The summed E-state index contributed by atoms with van der Waals surface area (Å²) in [5, 5.41) is 0. The van der Waals surface area contributed by atoms with Crippen LogP contribution in [-0.4, -0.2) is 27.4 Å². The van der Waals surface area contributed by atoms with Crippen LogP contribution in [0.4, 0.5) is 0 Å². The molecule has 0 saturated heterocycles. The molecule has 0 amide bonds. The first-order valence-corrected chi connectivity index (χ1v) is 8.08. The van der Waals surface area contributed by atoms with Gasteiger partial charge in [-0.2, -0.15) is 0 Å². The van der Waals surface area contributed by atoms with Crippen LogP contribution < -0.4 is 0 Å². The van der Waals surface area contributed by atoms with Crippen LogP contribution in [0, 0.1) is 6.92 Å². The molecular formula is C14H22O3S. The molecule has 0 bridgehead atoms. The number of hydrogen-bond acceptors (Lipinski definition) is 3. The number of unbranched alkanes of at least 4 members (excludes halogenated alkanes) is 2. The van der Waals surface area contributed by atoms with Crippen molar-refractivity contribution in [3.05, 3.63) is 29.8 Å². The second-order valence-corrected chi connectivity index (χ2v) is 6.56. The Morgan fingerprint density at radius 2 is 1.72 bits per heavy atom. The van der Waals surface area contributed by atoms with E-state index in [4.69, 9.17) is 4.74 Å². The predicted octanol–water partition coefficient (Wildman–Crippen LogP) is 2.98. The number of aryl methyl sites for hydroxylation is 1. The summed E-state index contributed by atoms with van der Waals surface area (Å²) < 4.78 is 29.2. The first kappa shape index (κ1) is 15.2. The Balaban J connectivity index is 2.38. The molecule has 102 valence electrons. The molecule has 0 heterocycles. The van der Waals surface area contributed by atoms with Crippen molar-refractivity contribution in [2.45, 2.75) is 38.0 Å². The van der Waals surface area contributed by atoms with Crippen molar-refractivity contribution in [1.29, 1.82) is 0 Å². The maximum Gasteiger partial charge on any atom is 0.180 e. The molecule has 0 aromatic heterocycles. The maximum absolute atomic E-state index is 12.0. The molecular weight excluding hydrogens is 248 g/mol. The average Bonchev–Trinajstić information content (AvgIpc) is 2.34. The number of rotatable bonds is 8. The van der Waals surface area contributed by atoms with E-state index in [-0.39, 0.29) is 12.4 Å². The normalized spacial score (nSPS) is 11.7. The van der Waals surface area contributed by atoms with Gasteiger partial charge in [0.1, 0.15) is 0 Å². The van der Waals surface area contributed by atoms with Crippen LogP contribution in [0.25, 0.3) is 0 Å². The highest BCUT2D eigenvalue weighted by Gasteiger charge is 2.13. The molecule has 1 rings (SSSR count). The molecule has 0 unspecified atom stereocenters. The predicted molar refractivity (Wildman–Crippen MR) is 73.6 cm³/mol. The molecule has 0 spiro atoms. The van der Waals surface area contributed by atoms with Crippen molar-refractivity contribution >= 4 is 9.84 Å². The van der Waals surface area contributed by atoms with E-state index in [1.807, 2.05) is 19.1 Å². The lowest BCUT2D eigenvalue weighted by Crippen LogP contribution is -2.13. The highest BCUT2D eigenvalue weighted by molar-refractivity contribution is 7.91. The summed E-state index contributed by atoms with van der Waals surface area (Å²) in [7, 11) is -3.19. The molecule has 0 fully saturated rings. The Labute approximate surface area is 110 Å². The lowest BCUT2D eigenvalue weighted by molar-refractivity contribution is 0.144. The highest BCUT2D eigenvalue weighted by Crippen LogP contribution is 2.12. The first-order chi connectivity index (χ1) is 8.56. The lowest BCUT2D eigenvalue weighted by atomic mass is 10.2. The van der Waals surface area contributed by atoms with E-state index in [0.29, 0.717) is 11.5 Å². The van der Waals surface area contributed by atoms with Crippen molar-refractivity contribution in [3.63, 3.8) is 0 Å². The minimum Gasteiger partial charge on any atom is -0.380 e. The zero-order valence-corrected chi connectivity index (χ0v) is 12.0. The van der Waals surface area contributed by atoms with Gasteiger partial charge in [-0.25, -0.2) is 8.42 Å². The SMILES string of the molecule is CCCCCOCCS(=O)(=O)c1ccc(C)cc1. The van der Waals surface area contributed by atoms with Crippen molar-refractivity contribution < 1.29 is 13.2 Å². The Morgan fingerprint density at radius 1 is 1.06 bits per heavy atom. The lowest BCUT2D eigenvalue weighted by Gasteiger charge is -2.06. The Hall–Kier alpha value is -0.870. The van der Waals surface area contributed by atoms with E-state index >= 15 is 0 Å². The van der Waals surface area contributed by atoms with Gasteiger partial charge in [-0.1, -0.05) is 37.5 Å². The number of benzene rings is 1. The van der Waals surface area contributed by atoms with Gasteiger partial charge >= 0.3 is 0 Å². The van der Waals surface area contributed by atoms with E-state index < -0.39 is 9.84 Å². The summed E-state index contributed by atoms with van der Waals surface area (Å²) in [6.07, 6.45) is 3.27. The van der Waals surface area contributed by atoms with Gasteiger partial charge in [0, 0.05) is 6.61 Å². The van der Waals surface area contributed by atoms with Crippen LogP contribution >= 0.6 is 0 Å². The smallest absolute Gasteiger partial charge is 0.180 e. The molecule has 18 heavy (non-hydrogen) atoms. The summed E-state index contributed by atoms with van der Waals surface area (Å²) in [5.41, 5.74) is 1.06. The quantitative estimate of drug-likeness (QED) is 0.682. The van der Waals surface area contributed by atoms with Gasteiger partial charge < -0.3 is 4.74 Å². The fourth-order valence-electron chi connectivity index (χ4n) is 1.59. The Kier molecular flexibility index (Phi) is 6.36. The van der Waals surface area contributed by atoms with Crippen LogP contribution in [0.5, 0.6) is 0 Å². The van der Waals surface area contributed by atoms with Gasteiger partial charge in [0.05, 0.1) is 17.3 Å². The minimum absolute atomic E-state index is 0.0577. The third kappa shape index (κ3) is 5.19. The third-order valence-electron chi connectivity index (χ3n) is 2.77. The molecule has 1 aromatic carbocycles. The molecule has 0 atom stereocenters. The fraction of sp³-hybridized carbons (Fsp3) is 0.571. The van der Waals surface area contributed by atoms with Gasteiger partial charge in [-0.3, -0.25) is 0 Å². The minimum atomic E-state index is -3.19. The molecule has 0 aliphatic rings. The van der Waals surface area contributed by atoms with E-state index in [2.05, 4.69) is 6.92 Å². The summed E-state index contributed by atoms with van der Waals surface area (Å²) >= 11 is 0. The Morgan fingerprint density at radius 3 is 2.33 bits per heavy atom. The van der Waals surface area contributed by atoms with Crippen LogP contribution in [0.15, 0.2) is 29.2 Å². The third-order valence-corrected chi connectivity index (χ3v) is 4.46. The summed E-state index contributed by atoms with van der Waals surface area (Å²) in [6, 6.07) is 6.94. The monoisotopic (exact) mass is 270 g/mol. The van der Waals surface area contributed by atoms with Gasteiger partial charge in [-0.05, 0) is 25.5 Å². The van der Waals surface area contributed by atoms with Crippen molar-refractivity contribution in [2.75, 3.05) is 19.0 Å². The summed E-state index contributed by atoms with van der Waals surface area (Å²) in [6.45, 7) is 4.99. The van der Waals surface area contributed by atoms with Gasteiger partial charge in [0.2, 0.25) is 0 Å². The van der Waals surface area contributed by atoms with Crippen LogP contribution in [0.1, 0.15) is 31.7 Å². The van der Waals surface area contributed by atoms with E-state index in [0.717, 1.165) is 24.8 Å². The van der Waals surface area contributed by atoms with Crippen LogP contribution in [0.3, 0.4) is 0 Å². The number of hydrogen-bond donors (Lipinski definition) is 0. The molecule has 3 nitrogen and oxygen atoms in total. The summed E-state index contributed by atoms with van der Waals surface area (Å²) in [5.74, 6) is 0.0577. The van der Waals surface area contributed by atoms with E-state index in [9.17, 15) is 8.42 Å². The largest absolute Gasteiger partial charge is 0.380 e. The Bertz CT molecular complexity index is 435. The van der Waals surface area contributed by atoms with Crippen molar-refractivity contribution in [3.8, 4) is 0 Å². The first-order valence-electron chi connectivity index (χ1n) is 6.43. The molecule has 0 saturated carbocycles. The molecule has 0 aliphatic carbocycles. The van der Waals surface area contributed by atoms with Gasteiger partial charge in [0.15, 0.2) is 9.84 Å². The van der Waals surface area contributed by atoms with Crippen molar-refractivity contribution in [2.24, 2.45) is 0 Å². The standard InChI is InChI=1S/C14H22O3S/c1-3-4-5-10-17-11-12-18(15,16)14-8-6-13(2)7-9-14/h6-9H,3-5,10-12H2,1-2H3. The van der Waals surface area contributed by atoms with Crippen molar-refractivity contribution in [1.82, 2.24) is 0 Å². The van der Waals surface area contributed by atoms with Gasteiger partial charge in [-0.15, -0.1) is 0 Å². The van der Waals surface area contributed by atoms with Crippen LogP contribution in [0.2, 0.25) is 0 Å². The number of ether oxygens (including phenoxy) is 1. The molecule has 0 aliphatic heterocycles. The average molecular weight is 270 g/mol.